The number of nitrogens with zero attached hydrogens (tertiary/aromatic N) is 3. The molecule has 28 heavy (non-hydrogen) atoms. The number of urea groups is 1. The van der Waals surface area contributed by atoms with E-state index in [9.17, 15) is 9.18 Å². The van der Waals surface area contributed by atoms with Gasteiger partial charge in [0.1, 0.15) is 11.6 Å². The van der Waals surface area contributed by atoms with Crippen molar-refractivity contribution in [3.8, 4) is 0 Å². The van der Waals surface area contributed by atoms with Gasteiger partial charge < -0.3 is 15.2 Å². The summed E-state index contributed by atoms with van der Waals surface area (Å²) >= 11 is 0. The molecule has 2 saturated heterocycles. The Balaban J connectivity index is 1.25. The van der Waals surface area contributed by atoms with E-state index < -0.39 is 0 Å². The number of fused-ring (bicyclic) bond motifs is 1. The molecular formula is C21H28FN5O. The number of hydrogen-bond donors (Lipinski definition) is 2. The van der Waals surface area contributed by atoms with Gasteiger partial charge in [-0.15, -0.1) is 6.58 Å². The summed E-state index contributed by atoms with van der Waals surface area (Å²) in [7, 11) is 0. The fourth-order valence-electron chi connectivity index (χ4n) is 4.32. The van der Waals surface area contributed by atoms with Crippen molar-refractivity contribution in [3.05, 3.63) is 42.5 Å². The highest BCUT2D eigenvalue weighted by atomic mass is 19.1. The van der Waals surface area contributed by atoms with Gasteiger partial charge in [0.2, 0.25) is 0 Å². The Morgan fingerprint density at radius 1 is 1.32 bits per heavy atom. The number of rotatable bonds is 5. The average Bonchev–Trinajstić information content (AvgIpc) is 3.33. The predicted octanol–water partition coefficient (Wildman–Crippen LogP) is 3.10. The average molecular weight is 385 g/mol. The lowest BCUT2D eigenvalue weighted by Crippen LogP contribution is -2.45. The van der Waals surface area contributed by atoms with E-state index >= 15 is 0 Å². The van der Waals surface area contributed by atoms with Crippen LogP contribution < -0.4 is 5.32 Å². The third-order valence-corrected chi connectivity index (χ3v) is 5.93. The normalized spacial score (nSPS) is 21.3. The van der Waals surface area contributed by atoms with E-state index in [1.165, 1.54) is 12.1 Å². The second-order valence-electron chi connectivity index (χ2n) is 7.93. The van der Waals surface area contributed by atoms with Gasteiger partial charge in [-0.25, -0.2) is 14.2 Å². The summed E-state index contributed by atoms with van der Waals surface area (Å²) < 4.78 is 13.4. The molecule has 4 rings (SSSR count). The lowest BCUT2D eigenvalue weighted by Gasteiger charge is -2.31. The summed E-state index contributed by atoms with van der Waals surface area (Å²) in [6.07, 6.45) is 4.80. The first kappa shape index (κ1) is 18.9. The fraction of sp³-hybridized carbons (Fsp3) is 0.524. The third kappa shape index (κ3) is 4.19. The van der Waals surface area contributed by atoms with Crippen LogP contribution in [0, 0.1) is 11.7 Å². The first-order chi connectivity index (χ1) is 13.6. The molecule has 6 nitrogen and oxygen atoms in total. The predicted molar refractivity (Wildman–Crippen MR) is 108 cm³/mol. The number of carbonyl (C=O) groups excluding carboxylic acids is 1. The van der Waals surface area contributed by atoms with Gasteiger partial charge in [0.25, 0.3) is 0 Å². The van der Waals surface area contributed by atoms with Gasteiger partial charge in [-0.1, -0.05) is 6.08 Å². The second kappa shape index (κ2) is 8.31. The van der Waals surface area contributed by atoms with Crippen molar-refractivity contribution in [2.24, 2.45) is 5.92 Å². The van der Waals surface area contributed by atoms with E-state index in [0.717, 1.165) is 75.4 Å². The highest BCUT2D eigenvalue weighted by Crippen LogP contribution is 2.28. The number of benzene rings is 1. The maximum atomic E-state index is 13.4. The molecule has 1 atom stereocenters. The van der Waals surface area contributed by atoms with Gasteiger partial charge in [-0.05, 0) is 49.9 Å². The zero-order chi connectivity index (χ0) is 19.5. The number of carbonyl (C=O) groups is 1. The molecule has 0 bridgehead atoms. The SMILES string of the molecule is C=CCN1CC[C@@H](CNC(=O)N2CCC(c3nc4ccc(F)cc4[nH]3)CC2)C1. The lowest BCUT2D eigenvalue weighted by molar-refractivity contribution is 0.179. The van der Waals surface area contributed by atoms with Crippen LogP contribution in [0.25, 0.3) is 11.0 Å². The van der Waals surface area contributed by atoms with Crippen LogP contribution in [0.5, 0.6) is 0 Å². The van der Waals surface area contributed by atoms with Crippen molar-refractivity contribution < 1.29 is 9.18 Å². The van der Waals surface area contributed by atoms with Crippen LogP contribution in [0.2, 0.25) is 0 Å². The molecule has 0 spiro atoms. The zero-order valence-electron chi connectivity index (χ0n) is 16.2. The minimum absolute atomic E-state index is 0.0345. The molecule has 2 fully saturated rings. The van der Waals surface area contributed by atoms with Crippen LogP contribution in [0.3, 0.4) is 0 Å². The summed E-state index contributed by atoms with van der Waals surface area (Å²) in [5.41, 5.74) is 1.52. The number of aromatic nitrogens is 2. The quantitative estimate of drug-likeness (QED) is 0.778. The molecule has 2 aliphatic heterocycles. The Hall–Kier alpha value is -2.41. The Bertz CT molecular complexity index is 842. The van der Waals surface area contributed by atoms with E-state index in [2.05, 4.69) is 26.8 Å². The van der Waals surface area contributed by atoms with Crippen LogP contribution in [0.4, 0.5) is 9.18 Å². The van der Waals surface area contributed by atoms with E-state index in [-0.39, 0.29) is 17.8 Å². The molecule has 2 aliphatic rings. The summed E-state index contributed by atoms with van der Waals surface area (Å²) in [5, 5.41) is 3.11. The van der Waals surface area contributed by atoms with Crippen molar-refractivity contribution in [1.29, 1.82) is 0 Å². The van der Waals surface area contributed by atoms with Crippen LogP contribution in [-0.4, -0.2) is 65.1 Å². The Labute approximate surface area is 164 Å². The van der Waals surface area contributed by atoms with E-state index in [4.69, 9.17) is 0 Å². The maximum Gasteiger partial charge on any atom is 0.317 e. The molecule has 1 aromatic heterocycles. The maximum absolute atomic E-state index is 13.4. The largest absolute Gasteiger partial charge is 0.342 e. The third-order valence-electron chi connectivity index (χ3n) is 5.93. The Morgan fingerprint density at radius 3 is 2.93 bits per heavy atom. The van der Waals surface area contributed by atoms with Crippen molar-refractivity contribution in [2.75, 3.05) is 39.3 Å². The summed E-state index contributed by atoms with van der Waals surface area (Å²) in [6, 6.07) is 4.65. The van der Waals surface area contributed by atoms with Crippen LogP contribution in [0.1, 0.15) is 31.0 Å². The monoisotopic (exact) mass is 385 g/mol. The first-order valence-electron chi connectivity index (χ1n) is 10.1. The molecule has 0 aliphatic carbocycles. The van der Waals surface area contributed by atoms with Crippen molar-refractivity contribution >= 4 is 17.1 Å². The number of amides is 2. The smallest absolute Gasteiger partial charge is 0.317 e. The van der Waals surface area contributed by atoms with E-state index in [0.29, 0.717) is 5.92 Å². The molecule has 150 valence electrons. The van der Waals surface area contributed by atoms with Crippen LogP contribution >= 0.6 is 0 Å². The molecule has 0 radical (unpaired) electrons. The van der Waals surface area contributed by atoms with Crippen molar-refractivity contribution in [1.82, 2.24) is 25.1 Å². The van der Waals surface area contributed by atoms with Gasteiger partial charge >= 0.3 is 6.03 Å². The number of hydrogen-bond acceptors (Lipinski definition) is 3. The molecule has 3 heterocycles. The number of piperidine rings is 1. The van der Waals surface area contributed by atoms with Gasteiger partial charge in [0, 0.05) is 38.6 Å². The highest BCUT2D eigenvalue weighted by molar-refractivity contribution is 5.75. The number of likely N-dealkylation sites (tertiary alicyclic amines) is 2. The fourth-order valence-corrected chi connectivity index (χ4v) is 4.32. The van der Waals surface area contributed by atoms with Crippen molar-refractivity contribution in [2.45, 2.75) is 25.2 Å². The topological polar surface area (TPSA) is 64.3 Å². The summed E-state index contributed by atoms with van der Waals surface area (Å²) in [5.74, 6) is 1.44. The lowest BCUT2D eigenvalue weighted by atomic mass is 9.96. The molecular weight excluding hydrogens is 357 g/mol. The Kier molecular flexibility index (Phi) is 5.62. The van der Waals surface area contributed by atoms with Gasteiger partial charge in [0.15, 0.2) is 0 Å². The molecule has 1 aromatic carbocycles. The minimum Gasteiger partial charge on any atom is -0.342 e. The highest BCUT2D eigenvalue weighted by Gasteiger charge is 2.27. The number of aromatic amines is 1. The molecule has 0 saturated carbocycles. The Morgan fingerprint density at radius 2 is 2.14 bits per heavy atom. The van der Waals surface area contributed by atoms with Crippen molar-refractivity contribution in [3.63, 3.8) is 0 Å². The molecule has 2 aromatic rings. The van der Waals surface area contributed by atoms with Crippen LogP contribution in [0.15, 0.2) is 30.9 Å². The number of imidazole rings is 1. The second-order valence-corrected chi connectivity index (χ2v) is 7.93. The minimum atomic E-state index is -0.260. The van der Waals surface area contributed by atoms with E-state index in [1.54, 1.807) is 6.07 Å². The van der Waals surface area contributed by atoms with Gasteiger partial charge in [0.05, 0.1) is 11.0 Å². The standard InChI is InChI=1S/C21H28FN5O/c1-2-8-26-9-5-15(14-26)13-23-21(28)27-10-6-16(7-11-27)20-24-18-4-3-17(22)12-19(18)25-20/h2-4,12,15-16H,1,5-11,13-14H2,(H,23,28)(H,24,25)/t15-/m0/s1. The van der Waals surface area contributed by atoms with Gasteiger partial charge in [-0.3, -0.25) is 4.90 Å². The number of H-pyrrole nitrogens is 1. The van der Waals surface area contributed by atoms with Gasteiger partial charge in [-0.2, -0.15) is 0 Å². The first-order valence-corrected chi connectivity index (χ1v) is 10.1. The van der Waals surface area contributed by atoms with E-state index in [1.807, 2.05) is 11.0 Å². The number of halogens is 1. The summed E-state index contributed by atoms with van der Waals surface area (Å²) in [6.45, 7) is 8.99. The molecule has 0 unspecified atom stereocenters. The molecule has 7 heteroatoms. The zero-order valence-corrected chi connectivity index (χ0v) is 16.2. The molecule has 2 amide bonds. The summed E-state index contributed by atoms with van der Waals surface area (Å²) in [4.78, 5) is 24.6. The number of nitrogens with one attached hydrogen (secondary N) is 2. The molecule has 2 N–H and O–H groups in total. The van der Waals surface area contributed by atoms with Crippen LogP contribution in [-0.2, 0) is 0 Å².